The van der Waals surface area contributed by atoms with Gasteiger partial charge in [-0.1, -0.05) is 55.8 Å². The molecular formula is C32H35FN2O5. The molecule has 2 aliphatic rings. The maximum Gasteiger partial charge on any atom is 0.282 e. The van der Waals surface area contributed by atoms with E-state index in [4.69, 9.17) is 14.2 Å². The Balaban J connectivity index is 1.45. The molecule has 5 rings (SSSR count). The van der Waals surface area contributed by atoms with Crippen molar-refractivity contribution in [1.29, 1.82) is 0 Å². The second-order valence-electron chi connectivity index (χ2n) is 10.5. The van der Waals surface area contributed by atoms with Crippen LogP contribution in [0.3, 0.4) is 0 Å². The van der Waals surface area contributed by atoms with Crippen molar-refractivity contribution < 1.29 is 28.2 Å². The summed E-state index contributed by atoms with van der Waals surface area (Å²) in [6.45, 7) is 6.22. The zero-order valence-corrected chi connectivity index (χ0v) is 23.2. The zero-order chi connectivity index (χ0) is 28.4. The van der Waals surface area contributed by atoms with Crippen molar-refractivity contribution in [3.8, 4) is 5.75 Å². The van der Waals surface area contributed by atoms with E-state index in [1.165, 1.54) is 12.1 Å². The second-order valence-corrected chi connectivity index (χ2v) is 10.5. The van der Waals surface area contributed by atoms with Crippen LogP contribution in [0.15, 0.2) is 78.9 Å². The first kappa shape index (κ1) is 27.8. The Labute approximate surface area is 234 Å². The SMILES string of the molecule is CCCCOc1ccc(C2C(O[C@]3(C)O[C@@H](c4ccccc4)C(C)N(C)C3=O)C(=O)N2c2ccc(F)cc2)cc1. The summed E-state index contributed by atoms with van der Waals surface area (Å²) < 4.78 is 32.2. The normalized spacial score (nSPS) is 26.5. The molecule has 2 heterocycles. The minimum Gasteiger partial charge on any atom is -0.494 e. The third kappa shape index (κ3) is 5.21. The first-order valence-corrected chi connectivity index (χ1v) is 13.7. The minimum atomic E-state index is -1.70. The van der Waals surface area contributed by atoms with Gasteiger partial charge in [0.2, 0.25) is 5.79 Å². The van der Waals surface area contributed by atoms with E-state index in [-0.39, 0.29) is 17.9 Å². The summed E-state index contributed by atoms with van der Waals surface area (Å²) in [7, 11) is 1.72. The van der Waals surface area contributed by atoms with Crippen molar-refractivity contribution in [2.45, 2.75) is 63.7 Å². The van der Waals surface area contributed by atoms with E-state index >= 15 is 0 Å². The minimum absolute atomic E-state index is 0.240. The molecule has 0 aromatic heterocycles. The van der Waals surface area contributed by atoms with Gasteiger partial charge in [0, 0.05) is 12.7 Å². The Morgan fingerprint density at radius 3 is 2.27 bits per heavy atom. The lowest BCUT2D eigenvalue weighted by atomic mass is 9.89. The van der Waals surface area contributed by atoms with Crippen LogP contribution in [0.25, 0.3) is 0 Å². The van der Waals surface area contributed by atoms with Gasteiger partial charge >= 0.3 is 0 Å². The molecule has 8 heteroatoms. The summed E-state index contributed by atoms with van der Waals surface area (Å²) >= 11 is 0. The van der Waals surface area contributed by atoms with Crippen molar-refractivity contribution in [3.05, 3.63) is 95.8 Å². The summed E-state index contributed by atoms with van der Waals surface area (Å²) in [6.07, 6.45) is 0.544. The maximum absolute atomic E-state index is 13.7. The van der Waals surface area contributed by atoms with E-state index in [1.54, 1.807) is 35.9 Å². The van der Waals surface area contributed by atoms with E-state index < -0.39 is 29.9 Å². The van der Waals surface area contributed by atoms with Crippen LogP contribution in [0.4, 0.5) is 10.1 Å². The molecule has 3 aromatic carbocycles. The molecule has 0 aliphatic carbocycles. The van der Waals surface area contributed by atoms with Crippen LogP contribution in [-0.4, -0.2) is 48.3 Å². The molecule has 2 amide bonds. The molecule has 5 atom stereocenters. The van der Waals surface area contributed by atoms with Crippen molar-refractivity contribution in [3.63, 3.8) is 0 Å². The molecule has 0 bridgehead atoms. The summed E-state index contributed by atoms with van der Waals surface area (Å²) in [5.74, 6) is -2.06. The number of hydrogen-bond donors (Lipinski definition) is 0. The number of morpholine rings is 1. The van der Waals surface area contributed by atoms with Crippen LogP contribution in [-0.2, 0) is 19.1 Å². The van der Waals surface area contributed by atoms with Gasteiger partial charge in [-0.3, -0.25) is 14.5 Å². The van der Waals surface area contributed by atoms with E-state index in [1.807, 2.05) is 61.5 Å². The number of likely N-dealkylation sites (N-methyl/N-ethyl adjacent to an activating group) is 1. The average Bonchev–Trinajstić information content (AvgIpc) is 2.97. The Kier molecular flexibility index (Phi) is 7.92. The number of halogens is 1. The molecule has 0 N–H and O–H groups in total. The number of rotatable bonds is 9. The highest BCUT2D eigenvalue weighted by Crippen LogP contribution is 2.45. The first-order chi connectivity index (χ1) is 19.2. The average molecular weight is 547 g/mol. The lowest BCUT2D eigenvalue weighted by molar-refractivity contribution is -0.290. The summed E-state index contributed by atoms with van der Waals surface area (Å²) in [6, 6.07) is 22.1. The van der Waals surface area contributed by atoms with Crippen LogP contribution in [0.1, 0.15) is 56.9 Å². The molecule has 3 aromatic rings. The van der Waals surface area contributed by atoms with E-state index in [2.05, 4.69) is 6.92 Å². The molecule has 2 saturated heterocycles. The molecule has 0 radical (unpaired) electrons. The summed E-state index contributed by atoms with van der Waals surface area (Å²) in [4.78, 5) is 30.3. The highest BCUT2D eigenvalue weighted by Gasteiger charge is 2.57. The van der Waals surface area contributed by atoms with Crippen molar-refractivity contribution in [1.82, 2.24) is 4.90 Å². The quantitative estimate of drug-likeness (QED) is 0.250. The van der Waals surface area contributed by atoms with Crippen LogP contribution in [0, 0.1) is 5.82 Å². The Hall–Kier alpha value is -3.75. The topological polar surface area (TPSA) is 68.3 Å². The molecule has 3 unspecified atom stereocenters. The number of nitrogens with zero attached hydrogens (tertiary/aromatic N) is 2. The largest absolute Gasteiger partial charge is 0.494 e. The van der Waals surface area contributed by atoms with Gasteiger partial charge in [0.15, 0.2) is 6.10 Å². The van der Waals surface area contributed by atoms with E-state index in [0.717, 1.165) is 29.7 Å². The fourth-order valence-corrected chi connectivity index (χ4v) is 5.30. The molecule has 0 saturated carbocycles. The lowest BCUT2D eigenvalue weighted by Gasteiger charge is -2.52. The van der Waals surface area contributed by atoms with Gasteiger partial charge in [0.05, 0.1) is 18.7 Å². The zero-order valence-electron chi connectivity index (χ0n) is 23.2. The Bertz CT molecular complexity index is 1330. The molecular weight excluding hydrogens is 511 g/mol. The number of carbonyl (C=O) groups excluding carboxylic acids is 2. The highest BCUT2D eigenvalue weighted by atomic mass is 19.1. The van der Waals surface area contributed by atoms with Crippen LogP contribution in [0.5, 0.6) is 5.75 Å². The van der Waals surface area contributed by atoms with Gasteiger partial charge in [-0.2, -0.15) is 0 Å². The third-order valence-electron chi connectivity index (χ3n) is 7.73. The molecule has 2 aliphatic heterocycles. The summed E-state index contributed by atoms with van der Waals surface area (Å²) in [5, 5.41) is 0. The second kappa shape index (κ2) is 11.4. The van der Waals surface area contributed by atoms with Gasteiger partial charge in [0.1, 0.15) is 17.7 Å². The molecule has 7 nitrogen and oxygen atoms in total. The molecule has 0 spiro atoms. The van der Waals surface area contributed by atoms with Gasteiger partial charge in [-0.25, -0.2) is 4.39 Å². The first-order valence-electron chi connectivity index (χ1n) is 13.7. The number of β-lactam (4-membered cyclic amide) rings is 1. The van der Waals surface area contributed by atoms with Gasteiger partial charge in [-0.15, -0.1) is 0 Å². The molecule has 2 fully saturated rings. The molecule has 40 heavy (non-hydrogen) atoms. The van der Waals surface area contributed by atoms with Gasteiger partial charge in [-0.05, 0) is 67.8 Å². The fraction of sp³-hybridized carbons (Fsp3) is 0.375. The number of benzene rings is 3. The highest BCUT2D eigenvalue weighted by molar-refractivity contribution is 6.05. The predicted molar refractivity (Wildman–Crippen MR) is 149 cm³/mol. The summed E-state index contributed by atoms with van der Waals surface area (Å²) in [5.41, 5.74) is 2.24. The van der Waals surface area contributed by atoms with Crippen LogP contribution >= 0.6 is 0 Å². The Morgan fingerprint density at radius 1 is 0.950 bits per heavy atom. The Morgan fingerprint density at radius 2 is 1.62 bits per heavy atom. The van der Waals surface area contributed by atoms with Crippen LogP contribution in [0.2, 0.25) is 0 Å². The predicted octanol–water partition coefficient (Wildman–Crippen LogP) is 5.81. The lowest BCUT2D eigenvalue weighted by Crippen LogP contribution is -2.67. The maximum atomic E-state index is 13.7. The standard InChI is InChI=1S/C32H35FN2O5/c1-5-6-20-38-26-18-12-22(13-19-26)27-29(30(36)35(27)25-16-14-24(33)15-17-25)40-32(3)31(37)34(4)21(2)28(39-32)23-10-8-7-9-11-23/h7-19,21,27-29H,5-6,20H2,1-4H3/t21?,27?,28-,29?,32+/m1/s1. The number of unbranched alkanes of at least 4 members (excludes halogenated alkanes) is 1. The third-order valence-corrected chi connectivity index (χ3v) is 7.73. The fourth-order valence-electron chi connectivity index (χ4n) is 5.30. The smallest absolute Gasteiger partial charge is 0.282 e. The monoisotopic (exact) mass is 546 g/mol. The number of carbonyl (C=O) groups is 2. The molecule has 210 valence electrons. The number of anilines is 1. The van der Waals surface area contributed by atoms with Gasteiger partial charge in [0.25, 0.3) is 11.8 Å². The van der Waals surface area contributed by atoms with Crippen molar-refractivity contribution in [2.24, 2.45) is 0 Å². The van der Waals surface area contributed by atoms with E-state index in [0.29, 0.717) is 12.3 Å². The van der Waals surface area contributed by atoms with Crippen molar-refractivity contribution >= 4 is 17.5 Å². The number of ether oxygens (including phenoxy) is 3. The van der Waals surface area contributed by atoms with Gasteiger partial charge < -0.3 is 19.1 Å². The number of amides is 2. The van der Waals surface area contributed by atoms with Crippen LogP contribution < -0.4 is 9.64 Å². The van der Waals surface area contributed by atoms with E-state index in [9.17, 15) is 14.0 Å². The number of hydrogen-bond acceptors (Lipinski definition) is 5. The van der Waals surface area contributed by atoms with Crippen molar-refractivity contribution in [2.75, 3.05) is 18.6 Å².